The smallest absolute Gasteiger partial charge is 0.288 e. The second-order valence-electron chi connectivity index (χ2n) is 6.78. The molecule has 8 heteroatoms. The van der Waals surface area contributed by atoms with Crippen LogP contribution in [-0.2, 0) is 16.7 Å². The lowest BCUT2D eigenvalue weighted by molar-refractivity contribution is 0.0987. The summed E-state index contributed by atoms with van der Waals surface area (Å²) in [5.74, 6) is -0.678. The van der Waals surface area contributed by atoms with E-state index < -0.39 is 18.0 Å². The molecule has 0 unspecified atom stereocenters. The molecule has 0 spiro atoms. The highest BCUT2D eigenvalue weighted by Crippen LogP contribution is 2.35. The van der Waals surface area contributed by atoms with Gasteiger partial charge in [-0.15, -0.1) is 0 Å². The number of nitrogens with two attached hydrogens (primary N) is 1. The van der Waals surface area contributed by atoms with Gasteiger partial charge in [0.1, 0.15) is 35.6 Å². The molecule has 0 amide bonds. The summed E-state index contributed by atoms with van der Waals surface area (Å²) in [6.45, 7) is 2.22. The van der Waals surface area contributed by atoms with Crippen molar-refractivity contribution in [3.63, 3.8) is 0 Å². The van der Waals surface area contributed by atoms with Crippen molar-refractivity contribution in [2.24, 2.45) is 10.7 Å². The maximum atomic E-state index is 14.6. The van der Waals surface area contributed by atoms with Crippen molar-refractivity contribution >= 4 is 11.8 Å². The molecule has 0 radical (unpaired) electrons. The first-order chi connectivity index (χ1) is 13.8. The Kier molecular flexibility index (Phi) is 5.41. The number of carbonyl (C=O) groups is 1. The van der Waals surface area contributed by atoms with E-state index in [4.69, 9.17) is 15.7 Å². The topological polar surface area (TPSA) is 101 Å². The fourth-order valence-corrected chi connectivity index (χ4v) is 3.27. The van der Waals surface area contributed by atoms with E-state index in [1.807, 2.05) is 6.07 Å². The molecule has 0 aliphatic carbocycles. The molecule has 6 nitrogen and oxygen atoms in total. The summed E-state index contributed by atoms with van der Waals surface area (Å²) < 4.78 is 33.7. The minimum atomic E-state index is -1.65. The number of aromatic nitrogens is 1. The Balaban J connectivity index is 1.97. The molecule has 0 saturated carbocycles. The number of halogens is 2. The van der Waals surface area contributed by atoms with Crippen LogP contribution >= 0.6 is 0 Å². The summed E-state index contributed by atoms with van der Waals surface area (Å²) in [5, 5.41) is 8.92. The average Bonchev–Trinajstić information content (AvgIpc) is 2.68. The molecule has 3 rings (SSSR count). The number of ether oxygens (including phenoxy) is 1. The third-order valence-corrected chi connectivity index (χ3v) is 4.55. The Bertz CT molecular complexity index is 1070. The van der Waals surface area contributed by atoms with E-state index in [1.54, 1.807) is 19.9 Å². The standard InChI is InChI=1S/C21H18F2N4O2/c1-12-5-15(9-24)10-26-19(12)18(28)7-14-3-4-17(23)16(6-14)21(11-22)8-13(2)29-20(25)27-21/h3-6,8,10H,7,11H2,1-2H3,(H2,25,27)/t21-/m1/s1. The minimum absolute atomic E-state index is 0.0413. The molecule has 29 heavy (non-hydrogen) atoms. The van der Waals surface area contributed by atoms with E-state index in [0.29, 0.717) is 22.4 Å². The van der Waals surface area contributed by atoms with Crippen molar-refractivity contribution in [2.75, 3.05) is 6.67 Å². The number of ketones is 1. The zero-order chi connectivity index (χ0) is 21.2. The summed E-state index contributed by atoms with van der Waals surface area (Å²) in [7, 11) is 0. The molecule has 1 aromatic heterocycles. The van der Waals surface area contributed by atoms with Crippen LogP contribution in [0, 0.1) is 24.1 Å². The molecule has 0 bridgehead atoms. The maximum absolute atomic E-state index is 14.6. The number of aliphatic imine (C=N–C) groups is 1. The number of pyridine rings is 1. The van der Waals surface area contributed by atoms with Crippen LogP contribution in [-0.4, -0.2) is 23.5 Å². The lowest BCUT2D eigenvalue weighted by Crippen LogP contribution is -2.34. The second-order valence-corrected chi connectivity index (χ2v) is 6.78. The summed E-state index contributed by atoms with van der Waals surface area (Å²) >= 11 is 0. The Morgan fingerprint density at radius 1 is 1.34 bits per heavy atom. The monoisotopic (exact) mass is 396 g/mol. The number of rotatable bonds is 5. The van der Waals surface area contributed by atoms with E-state index >= 15 is 0 Å². The number of aryl methyl sites for hydroxylation is 1. The van der Waals surface area contributed by atoms with Crippen molar-refractivity contribution in [1.82, 2.24) is 4.98 Å². The van der Waals surface area contributed by atoms with E-state index in [-0.39, 0.29) is 29.5 Å². The molecule has 1 aliphatic rings. The van der Waals surface area contributed by atoms with Crippen molar-refractivity contribution in [3.05, 3.63) is 76.1 Å². The highest BCUT2D eigenvalue weighted by Gasteiger charge is 2.36. The summed E-state index contributed by atoms with van der Waals surface area (Å²) in [5.41, 5.74) is 5.52. The number of hydrogen-bond acceptors (Lipinski definition) is 6. The number of nitriles is 1. The molecule has 1 atom stereocenters. The molecule has 148 valence electrons. The Morgan fingerprint density at radius 2 is 2.10 bits per heavy atom. The lowest BCUT2D eigenvalue weighted by Gasteiger charge is -2.29. The van der Waals surface area contributed by atoms with Gasteiger partial charge in [0.25, 0.3) is 6.02 Å². The number of alkyl halides is 1. The van der Waals surface area contributed by atoms with Gasteiger partial charge in [-0.25, -0.2) is 13.8 Å². The van der Waals surface area contributed by atoms with Crippen LogP contribution in [0.4, 0.5) is 8.78 Å². The quantitative estimate of drug-likeness (QED) is 0.782. The van der Waals surface area contributed by atoms with Gasteiger partial charge in [0, 0.05) is 18.2 Å². The molecule has 0 fully saturated rings. The predicted octanol–water partition coefficient (Wildman–Crippen LogP) is 3.24. The number of carbonyl (C=O) groups excluding carboxylic acids is 1. The van der Waals surface area contributed by atoms with Crippen molar-refractivity contribution in [2.45, 2.75) is 25.8 Å². The zero-order valence-corrected chi connectivity index (χ0v) is 15.9. The second kappa shape index (κ2) is 7.80. The molecule has 2 N–H and O–H groups in total. The minimum Gasteiger partial charge on any atom is -0.431 e. The van der Waals surface area contributed by atoms with Crippen molar-refractivity contribution < 1.29 is 18.3 Å². The van der Waals surface area contributed by atoms with Gasteiger partial charge in [-0.1, -0.05) is 6.07 Å². The highest BCUT2D eigenvalue weighted by atomic mass is 19.1. The van der Waals surface area contributed by atoms with Crippen molar-refractivity contribution in [1.29, 1.82) is 5.26 Å². The molecule has 1 aliphatic heterocycles. The van der Waals surface area contributed by atoms with Crippen LogP contribution in [0.15, 0.2) is 47.3 Å². The third kappa shape index (κ3) is 3.99. The number of amidine groups is 1. The number of Topliss-reactive ketones (excluding diaryl/α,β-unsaturated/α-hetero) is 1. The summed E-state index contributed by atoms with van der Waals surface area (Å²) in [6, 6.07) is 7.28. The first kappa shape index (κ1) is 20.1. The number of hydrogen-bond donors (Lipinski definition) is 1. The summed E-state index contributed by atoms with van der Waals surface area (Å²) in [6.07, 6.45) is 2.61. The fourth-order valence-electron chi connectivity index (χ4n) is 3.27. The SMILES string of the molecule is CC1=C[C@@](CF)(c2cc(CC(=O)c3ncc(C#N)cc3C)ccc2F)N=C(N)O1. The lowest BCUT2D eigenvalue weighted by atomic mass is 9.88. The van der Waals surface area contributed by atoms with Gasteiger partial charge in [0.2, 0.25) is 0 Å². The largest absolute Gasteiger partial charge is 0.431 e. The molecule has 0 saturated heterocycles. The Morgan fingerprint density at radius 3 is 2.72 bits per heavy atom. The van der Waals surface area contributed by atoms with Gasteiger partial charge < -0.3 is 10.5 Å². The van der Waals surface area contributed by atoms with Gasteiger partial charge in [-0.2, -0.15) is 5.26 Å². The third-order valence-electron chi connectivity index (χ3n) is 4.55. The number of allylic oxidation sites excluding steroid dienone is 1. The molecular formula is C21H18F2N4O2. The van der Waals surface area contributed by atoms with Crippen LogP contribution in [0.25, 0.3) is 0 Å². The van der Waals surface area contributed by atoms with Crippen molar-refractivity contribution in [3.8, 4) is 6.07 Å². The van der Waals surface area contributed by atoms with Crippen LogP contribution in [0.2, 0.25) is 0 Å². The molecular weight excluding hydrogens is 378 g/mol. The zero-order valence-electron chi connectivity index (χ0n) is 15.9. The first-order valence-electron chi connectivity index (χ1n) is 8.75. The fraction of sp³-hybridized carbons (Fsp3) is 0.238. The summed E-state index contributed by atoms with van der Waals surface area (Å²) in [4.78, 5) is 20.7. The Labute approximate surface area is 166 Å². The maximum Gasteiger partial charge on any atom is 0.288 e. The predicted molar refractivity (Wildman–Crippen MR) is 102 cm³/mol. The molecule has 2 heterocycles. The molecule has 1 aromatic carbocycles. The van der Waals surface area contributed by atoms with Crippen LogP contribution in [0.3, 0.4) is 0 Å². The van der Waals surface area contributed by atoms with Crippen LogP contribution < -0.4 is 5.73 Å². The van der Waals surface area contributed by atoms with E-state index in [9.17, 15) is 13.6 Å². The van der Waals surface area contributed by atoms with E-state index in [1.165, 1.54) is 30.5 Å². The van der Waals surface area contributed by atoms with Gasteiger partial charge in [0.15, 0.2) is 5.78 Å². The average molecular weight is 396 g/mol. The first-order valence-corrected chi connectivity index (χ1v) is 8.75. The number of nitrogens with zero attached hydrogens (tertiary/aromatic N) is 3. The van der Waals surface area contributed by atoms with Gasteiger partial charge in [-0.3, -0.25) is 9.78 Å². The highest BCUT2D eigenvalue weighted by molar-refractivity contribution is 5.97. The van der Waals surface area contributed by atoms with Crippen LogP contribution in [0.5, 0.6) is 0 Å². The van der Waals surface area contributed by atoms with E-state index in [0.717, 1.165) is 0 Å². The van der Waals surface area contributed by atoms with Gasteiger partial charge in [0.05, 0.1) is 5.56 Å². The van der Waals surface area contributed by atoms with Crippen LogP contribution in [0.1, 0.15) is 39.7 Å². The molecule has 2 aromatic rings. The van der Waals surface area contributed by atoms with E-state index in [2.05, 4.69) is 9.98 Å². The number of benzene rings is 1. The Hall–Kier alpha value is -3.60. The van der Waals surface area contributed by atoms with Gasteiger partial charge >= 0.3 is 0 Å². The normalized spacial score (nSPS) is 18.3. The van der Waals surface area contributed by atoms with Gasteiger partial charge in [-0.05, 0) is 49.2 Å².